The number of carbonyl (C=O) groups excluding carboxylic acids is 9. The van der Waals surface area contributed by atoms with Crippen molar-refractivity contribution in [1.29, 1.82) is 0 Å². The molecule has 149 heavy (non-hydrogen) atoms. The number of nitrogens with zero attached hydrogens (tertiary/aromatic N) is 12. The van der Waals surface area contributed by atoms with E-state index in [4.69, 9.17) is 31.2 Å². The van der Waals surface area contributed by atoms with Gasteiger partial charge in [-0.05, 0) is 220 Å². The lowest BCUT2D eigenvalue weighted by Crippen LogP contribution is -2.46. The highest BCUT2D eigenvalue weighted by atomic mass is 16.5. The first-order chi connectivity index (χ1) is 72.2. The second kappa shape index (κ2) is 54.0. The predicted octanol–water partition coefficient (Wildman–Crippen LogP) is 18.8. The van der Waals surface area contributed by atoms with Gasteiger partial charge in [-0.1, -0.05) is 219 Å². The number of hydrogen-bond acceptors (Lipinski definition) is 17. The molecule has 9 amide bonds. The maximum atomic E-state index is 14.6. The molecule has 3 aromatic heterocycles. The molecule has 6 N–H and O–H groups in total. The van der Waals surface area contributed by atoms with Crippen LogP contribution < -0.4 is 25.4 Å². The van der Waals surface area contributed by atoms with Crippen LogP contribution in [-0.4, -0.2) is 219 Å². The maximum absolute atomic E-state index is 14.6. The van der Waals surface area contributed by atoms with Crippen LogP contribution in [0, 0.1) is 40.0 Å². The molecular formula is C120H143N15O14. The van der Waals surface area contributed by atoms with Gasteiger partial charge in [-0.3, -0.25) is 43.2 Å². The van der Waals surface area contributed by atoms with E-state index < -0.39 is 24.0 Å². The molecule has 12 aromatic rings. The van der Waals surface area contributed by atoms with Gasteiger partial charge in [0.15, 0.2) is 28.6 Å². The van der Waals surface area contributed by atoms with Crippen LogP contribution in [0.25, 0.3) is 17.1 Å². The lowest BCUT2D eigenvalue weighted by Gasteiger charge is -2.36. The van der Waals surface area contributed by atoms with Crippen molar-refractivity contribution in [3.8, 4) is 40.9 Å². The van der Waals surface area contributed by atoms with E-state index in [0.29, 0.717) is 164 Å². The van der Waals surface area contributed by atoms with Gasteiger partial charge in [-0.15, -0.1) is 12.3 Å². The van der Waals surface area contributed by atoms with E-state index in [2.05, 4.69) is 63.4 Å². The number of aliphatic hydroxyl groups is 3. The van der Waals surface area contributed by atoms with Crippen LogP contribution in [0.15, 0.2) is 218 Å². The Labute approximate surface area is 875 Å². The smallest absolute Gasteiger partial charge is 0.274 e. The van der Waals surface area contributed by atoms with Crippen molar-refractivity contribution in [2.45, 2.75) is 228 Å². The van der Waals surface area contributed by atoms with Gasteiger partial charge in [-0.25, -0.2) is 14.0 Å². The van der Waals surface area contributed by atoms with E-state index in [1.54, 1.807) is 134 Å². The highest BCUT2D eigenvalue weighted by Crippen LogP contribution is 2.37. The minimum Gasteiger partial charge on any atom is -0.493 e. The standard InChI is InChI=1S/C41H47N5O4.C40H49N5O6.C39H47N5O4/c1-5-8-22-44(23-9-6-2)41(50)37-24-29(4)46(43-37)38-21-20-33(42-39(48)35(15-7-3)30-16-11-10-12-17-30)26-36(38)40(49)45-27-32-19-14-13-18-31(32)25-34(45)28-47;1-6-8-18-43(19-9-7-2)40(49)34-20-27(3)45(42-34)35-16-15-31(41-38(47)22-28-14-17-36(50-4)37(21-28)51-5)24-33(35)39(48)44-25-30-13-11-10-12-29(30)23-32(44)26-46;1-5-7-19-42(20-8-6-2)39(48)35-21-28(4)44(41-35)36-18-17-32(40-37(46)22-29-15-13-27(3)14-16-29)24-34(36)38(47)43-25-31-12-10-9-11-30(31)23-33(43)26-45/h3,10-14,16-21,24,26,34-35,47H,5-6,8-9,15,22-23,25,27-28H2,1-2,4H3,(H,42,48);10-17,20-21,24,32,46H,6-9,18-19,22-23,25-26H2,1-5H3,(H,41,47);9-18,21,24,33,45H,5-8,19-20,22-23,25-26H2,1-4H3,(H,40,46)/t34-,35?;32-;33-/m000/s1. The molecule has 782 valence electrons. The molecule has 0 fully saturated rings. The Morgan fingerprint density at radius 3 is 1.02 bits per heavy atom. The van der Waals surface area contributed by atoms with E-state index in [1.807, 2.05) is 170 Å². The Balaban J connectivity index is 0.000000186. The van der Waals surface area contributed by atoms with Gasteiger partial charge in [0, 0.05) is 99.5 Å². The summed E-state index contributed by atoms with van der Waals surface area (Å²) in [5.74, 6) is 1.02. The van der Waals surface area contributed by atoms with Crippen molar-refractivity contribution >= 4 is 70.2 Å². The zero-order valence-corrected chi connectivity index (χ0v) is 88.1. The minimum atomic E-state index is -0.581. The summed E-state index contributed by atoms with van der Waals surface area (Å²) in [6.07, 6.45) is 19.0. The molecule has 15 rings (SSSR count). The number of ether oxygens (including phenoxy) is 2. The van der Waals surface area contributed by atoms with Crippen molar-refractivity contribution < 1.29 is 67.9 Å². The number of nitrogens with one attached hydrogen (secondary N) is 3. The minimum absolute atomic E-state index is 0.0666. The summed E-state index contributed by atoms with van der Waals surface area (Å²) < 4.78 is 15.6. The summed E-state index contributed by atoms with van der Waals surface area (Å²) in [5.41, 5.74) is 16.6. The van der Waals surface area contributed by atoms with Gasteiger partial charge >= 0.3 is 0 Å². The number of aliphatic hydroxyl groups excluding tert-OH is 3. The van der Waals surface area contributed by atoms with Crippen LogP contribution in [0.5, 0.6) is 11.5 Å². The van der Waals surface area contributed by atoms with Crippen LogP contribution >= 0.6 is 0 Å². The molecular weight excluding hydrogens is 1880 g/mol. The lowest BCUT2D eigenvalue weighted by molar-refractivity contribution is -0.117. The number of methoxy groups -OCH3 is 2. The molecule has 0 saturated carbocycles. The molecule has 29 heteroatoms. The molecule has 3 aliphatic heterocycles. The number of hydrogen-bond donors (Lipinski definition) is 6. The number of aryl methyl sites for hydroxylation is 4. The summed E-state index contributed by atoms with van der Waals surface area (Å²) in [6, 6.07) is 65.7. The van der Waals surface area contributed by atoms with Gasteiger partial charge in [0.1, 0.15) is 0 Å². The molecule has 9 aromatic carbocycles. The first-order valence-electron chi connectivity index (χ1n) is 52.3. The number of amides is 9. The van der Waals surface area contributed by atoms with Crippen LogP contribution in [0.4, 0.5) is 17.1 Å². The van der Waals surface area contributed by atoms with E-state index in [1.165, 1.54) is 0 Å². The number of rotatable bonds is 42. The summed E-state index contributed by atoms with van der Waals surface area (Å²) in [7, 11) is 3.09. The summed E-state index contributed by atoms with van der Waals surface area (Å²) in [6.45, 7) is 24.5. The fraction of sp³-hybridized carbons (Fsp3) is 0.383. The van der Waals surface area contributed by atoms with E-state index in [-0.39, 0.29) is 103 Å². The monoisotopic (exact) mass is 2020 g/mol. The third-order valence-corrected chi connectivity index (χ3v) is 27.7. The molecule has 4 atom stereocenters. The topological polar surface area (TPSA) is 342 Å². The second-order valence-electron chi connectivity index (χ2n) is 38.7. The molecule has 6 heterocycles. The molecule has 29 nitrogen and oxygen atoms in total. The van der Waals surface area contributed by atoms with Crippen LogP contribution in [0.2, 0.25) is 0 Å². The SMILES string of the molecule is C#CCC(C(=O)Nc1ccc(-n2nc(C(=O)N(CCCC)CCCC)cc2C)c(C(=O)N2Cc3ccccc3C[C@H]2CO)c1)c1ccccc1.CCCCN(CCCC)C(=O)c1cc(C)n(-c2ccc(NC(=O)Cc3ccc(C)cc3)cc2C(=O)N2Cc3ccccc3C[C@H]2CO)n1.CCCCN(CCCC)C(=O)c1cc(C)n(-c2ccc(NC(=O)Cc3ccc(OC)c(OC)c3)cc2C(=O)N2Cc3ccccc3C[C@H]2CO)n1. The van der Waals surface area contributed by atoms with Crippen molar-refractivity contribution in [2.24, 2.45) is 0 Å². The fourth-order valence-electron chi connectivity index (χ4n) is 19.2. The third-order valence-electron chi connectivity index (χ3n) is 27.7. The molecule has 0 spiro atoms. The predicted molar refractivity (Wildman–Crippen MR) is 581 cm³/mol. The van der Waals surface area contributed by atoms with Crippen LogP contribution in [0.1, 0.15) is 266 Å². The largest absolute Gasteiger partial charge is 0.493 e. The van der Waals surface area contributed by atoms with E-state index in [9.17, 15) is 58.5 Å². The maximum Gasteiger partial charge on any atom is 0.274 e. The Hall–Kier alpha value is -15.1. The Kier molecular flexibility index (Phi) is 40.3. The first-order valence-corrected chi connectivity index (χ1v) is 52.3. The number of fused-ring (bicyclic) bond motifs is 3. The highest BCUT2D eigenvalue weighted by Gasteiger charge is 2.38. The second-order valence-corrected chi connectivity index (χ2v) is 38.7. The summed E-state index contributed by atoms with van der Waals surface area (Å²) in [5, 5.41) is 54.4. The van der Waals surface area contributed by atoms with E-state index >= 15 is 0 Å². The average Bonchev–Trinajstić information content (AvgIpc) is 1.40. The van der Waals surface area contributed by atoms with Gasteiger partial charge in [-0.2, -0.15) is 15.3 Å². The number of terminal acetylenes is 1. The zero-order chi connectivity index (χ0) is 106. The fourth-order valence-corrected chi connectivity index (χ4v) is 19.2. The van der Waals surface area contributed by atoms with E-state index in [0.717, 1.165) is 133 Å². The summed E-state index contributed by atoms with van der Waals surface area (Å²) >= 11 is 0. The molecule has 0 bridgehead atoms. The molecule has 0 saturated heterocycles. The van der Waals surface area contributed by atoms with Crippen molar-refractivity contribution in [2.75, 3.05) is 89.3 Å². The average molecular weight is 2020 g/mol. The summed E-state index contributed by atoms with van der Waals surface area (Å²) in [4.78, 5) is 135. The number of benzene rings is 9. The van der Waals surface area contributed by atoms with Gasteiger partial charge in [0.25, 0.3) is 35.4 Å². The normalized spacial score (nSPS) is 14.1. The number of unbranched alkanes of at least 4 members (excludes halogenated alkanes) is 6. The van der Waals surface area contributed by atoms with Crippen molar-refractivity contribution in [1.82, 2.24) is 58.7 Å². The number of carbonyl (C=O) groups is 9. The Morgan fingerprint density at radius 2 is 0.698 bits per heavy atom. The number of aromatic nitrogens is 6. The van der Waals surface area contributed by atoms with Crippen LogP contribution in [0.3, 0.4) is 0 Å². The highest BCUT2D eigenvalue weighted by molar-refractivity contribution is 6.05. The van der Waals surface area contributed by atoms with Gasteiger partial charge in [0.05, 0.1) is 105 Å². The molecule has 3 aliphatic rings. The first kappa shape index (κ1) is 111. The van der Waals surface area contributed by atoms with Gasteiger partial charge in [0.2, 0.25) is 17.7 Å². The zero-order valence-electron chi connectivity index (χ0n) is 88.1. The number of anilines is 3. The van der Waals surface area contributed by atoms with Crippen molar-refractivity contribution in [3.05, 3.63) is 325 Å². The van der Waals surface area contributed by atoms with Crippen LogP contribution in [-0.2, 0) is 66.1 Å². The molecule has 1 unspecified atom stereocenters. The molecule has 0 aliphatic carbocycles. The van der Waals surface area contributed by atoms with Gasteiger partial charge < -0.3 is 70.1 Å². The lowest BCUT2D eigenvalue weighted by atomic mass is 9.93. The Morgan fingerprint density at radius 1 is 0.383 bits per heavy atom. The Bertz CT molecular complexity index is 6670. The third kappa shape index (κ3) is 28.0. The molecule has 0 radical (unpaired) electrons. The van der Waals surface area contributed by atoms with Crippen molar-refractivity contribution in [3.63, 3.8) is 0 Å². The quantitative estimate of drug-likeness (QED) is 0.0194.